The van der Waals surface area contributed by atoms with Crippen LogP contribution in [0.2, 0.25) is 0 Å². The first kappa shape index (κ1) is 16.8. The molecule has 132 valence electrons. The van der Waals surface area contributed by atoms with E-state index in [-0.39, 0.29) is 0 Å². The van der Waals surface area contributed by atoms with Crippen molar-refractivity contribution in [3.05, 3.63) is 108 Å². The Morgan fingerprint density at radius 1 is 0.741 bits per heavy atom. The number of carbonyl (C=O) groups is 2. The molecule has 0 N–H and O–H groups in total. The Kier molecular flexibility index (Phi) is 4.54. The van der Waals surface area contributed by atoms with Crippen molar-refractivity contribution >= 4 is 22.9 Å². The standard InChI is InChI=1S/C23H18N2O2/c26-22(20-14-16-24-15-8-7-13-21(20)24)23(27)25(19-11-5-2-6-12-19)17-18-9-3-1-4-10-18/h1-16H,17H2. The van der Waals surface area contributed by atoms with Crippen molar-refractivity contribution in [2.45, 2.75) is 6.54 Å². The van der Waals surface area contributed by atoms with Crippen LogP contribution in [0.5, 0.6) is 0 Å². The molecule has 4 heteroatoms. The van der Waals surface area contributed by atoms with Crippen molar-refractivity contribution in [3.8, 4) is 0 Å². The number of nitrogens with zero attached hydrogens (tertiary/aromatic N) is 2. The van der Waals surface area contributed by atoms with Gasteiger partial charge in [0.05, 0.1) is 17.6 Å². The van der Waals surface area contributed by atoms with Gasteiger partial charge >= 0.3 is 0 Å². The molecule has 4 aromatic rings. The molecule has 0 atom stereocenters. The lowest BCUT2D eigenvalue weighted by molar-refractivity contribution is -0.114. The summed E-state index contributed by atoms with van der Waals surface area (Å²) < 4.78 is 1.84. The number of para-hydroxylation sites is 1. The van der Waals surface area contributed by atoms with Gasteiger partial charge in [-0.2, -0.15) is 0 Å². The number of rotatable bonds is 5. The zero-order chi connectivity index (χ0) is 18.6. The van der Waals surface area contributed by atoms with Crippen LogP contribution in [0.25, 0.3) is 5.52 Å². The topological polar surface area (TPSA) is 41.8 Å². The number of pyridine rings is 1. The van der Waals surface area contributed by atoms with Crippen LogP contribution in [0.15, 0.2) is 97.3 Å². The van der Waals surface area contributed by atoms with Crippen LogP contribution in [0.4, 0.5) is 5.69 Å². The first-order valence-corrected chi connectivity index (χ1v) is 8.75. The summed E-state index contributed by atoms with van der Waals surface area (Å²) in [6.45, 7) is 0.335. The van der Waals surface area contributed by atoms with Crippen molar-refractivity contribution in [2.75, 3.05) is 4.90 Å². The number of carbonyl (C=O) groups excluding carboxylic acids is 2. The summed E-state index contributed by atoms with van der Waals surface area (Å²) in [5.41, 5.74) is 2.80. The second-order valence-electron chi connectivity index (χ2n) is 6.26. The van der Waals surface area contributed by atoms with Crippen LogP contribution < -0.4 is 4.90 Å². The highest BCUT2D eigenvalue weighted by molar-refractivity contribution is 6.48. The minimum absolute atomic E-state index is 0.335. The van der Waals surface area contributed by atoms with E-state index in [2.05, 4.69) is 0 Å². The van der Waals surface area contributed by atoms with Crippen molar-refractivity contribution < 1.29 is 9.59 Å². The molecule has 2 aromatic carbocycles. The van der Waals surface area contributed by atoms with Crippen molar-refractivity contribution in [1.29, 1.82) is 0 Å². The molecule has 0 fully saturated rings. The van der Waals surface area contributed by atoms with Crippen LogP contribution in [0, 0.1) is 0 Å². The number of benzene rings is 2. The van der Waals surface area contributed by atoms with Gasteiger partial charge < -0.3 is 9.30 Å². The molecule has 2 heterocycles. The van der Waals surface area contributed by atoms with Crippen LogP contribution in [0.3, 0.4) is 0 Å². The Morgan fingerprint density at radius 3 is 2.15 bits per heavy atom. The summed E-state index contributed by atoms with van der Waals surface area (Å²) in [6, 6.07) is 26.2. The molecule has 0 aliphatic rings. The number of ketones is 1. The van der Waals surface area contributed by atoms with Gasteiger partial charge in [-0.3, -0.25) is 9.59 Å². The summed E-state index contributed by atoms with van der Waals surface area (Å²) in [5, 5.41) is 0. The minimum atomic E-state index is -0.540. The maximum atomic E-state index is 13.2. The molecular weight excluding hydrogens is 336 g/mol. The van der Waals surface area contributed by atoms with Gasteiger partial charge in [-0.25, -0.2) is 0 Å². The lowest BCUT2D eigenvalue weighted by atomic mass is 10.1. The molecule has 0 bridgehead atoms. The van der Waals surface area contributed by atoms with Crippen molar-refractivity contribution in [2.24, 2.45) is 0 Å². The molecule has 0 unspecified atom stereocenters. The summed E-state index contributed by atoms with van der Waals surface area (Å²) in [4.78, 5) is 27.7. The van der Waals surface area contributed by atoms with Gasteiger partial charge in [0.25, 0.3) is 11.7 Å². The molecule has 1 amide bonds. The third kappa shape index (κ3) is 3.37. The second-order valence-corrected chi connectivity index (χ2v) is 6.26. The molecule has 4 rings (SSSR count). The second kappa shape index (κ2) is 7.30. The first-order valence-electron chi connectivity index (χ1n) is 8.75. The van der Waals surface area contributed by atoms with Gasteiger partial charge in [0.15, 0.2) is 0 Å². The van der Waals surface area contributed by atoms with Crippen molar-refractivity contribution in [1.82, 2.24) is 4.40 Å². The maximum Gasteiger partial charge on any atom is 0.299 e. The molecule has 0 aliphatic carbocycles. The quantitative estimate of drug-likeness (QED) is 0.395. The SMILES string of the molecule is O=C(C(=O)N(Cc1ccccc1)c1ccccc1)c1ccn2ccccc12. The number of anilines is 1. The molecule has 0 saturated carbocycles. The summed E-state index contributed by atoms with van der Waals surface area (Å²) in [6.07, 6.45) is 3.65. The van der Waals surface area contributed by atoms with Gasteiger partial charge in [-0.05, 0) is 35.9 Å². The Hall–Kier alpha value is -3.66. The molecule has 2 aromatic heterocycles. The predicted molar refractivity (Wildman–Crippen MR) is 106 cm³/mol. The molecular formula is C23H18N2O2. The molecule has 4 nitrogen and oxygen atoms in total. The zero-order valence-electron chi connectivity index (χ0n) is 14.7. The number of hydrogen-bond acceptors (Lipinski definition) is 2. The van der Waals surface area contributed by atoms with E-state index in [4.69, 9.17) is 0 Å². The predicted octanol–water partition coefficient (Wildman–Crippen LogP) is 4.36. The fourth-order valence-electron chi connectivity index (χ4n) is 3.14. The maximum absolute atomic E-state index is 13.2. The average Bonchev–Trinajstić information content (AvgIpc) is 3.16. The number of hydrogen-bond donors (Lipinski definition) is 0. The Morgan fingerprint density at radius 2 is 1.41 bits per heavy atom. The Bertz CT molecular complexity index is 1090. The summed E-state index contributed by atoms with van der Waals surface area (Å²) in [7, 11) is 0. The van der Waals surface area contributed by atoms with Gasteiger partial charge in [-0.1, -0.05) is 54.6 Å². The highest BCUT2D eigenvalue weighted by atomic mass is 16.2. The fourth-order valence-corrected chi connectivity index (χ4v) is 3.14. The molecule has 27 heavy (non-hydrogen) atoms. The molecule has 0 spiro atoms. The number of fused-ring (bicyclic) bond motifs is 1. The van der Waals surface area contributed by atoms with Crippen LogP contribution in [0.1, 0.15) is 15.9 Å². The van der Waals surface area contributed by atoms with E-state index in [0.29, 0.717) is 17.8 Å². The lowest BCUT2D eigenvalue weighted by Gasteiger charge is -2.22. The third-order valence-electron chi connectivity index (χ3n) is 4.50. The van der Waals surface area contributed by atoms with Gasteiger partial charge in [-0.15, -0.1) is 0 Å². The van der Waals surface area contributed by atoms with E-state index in [9.17, 15) is 9.59 Å². The van der Waals surface area contributed by atoms with Crippen molar-refractivity contribution in [3.63, 3.8) is 0 Å². The molecule has 0 radical (unpaired) electrons. The summed E-state index contributed by atoms with van der Waals surface area (Å²) in [5.74, 6) is -1.05. The van der Waals surface area contributed by atoms with Crippen LogP contribution in [-0.2, 0) is 11.3 Å². The lowest BCUT2D eigenvalue weighted by Crippen LogP contribution is -2.36. The van der Waals surface area contributed by atoms with Gasteiger partial charge in [0.2, 0.25) is 0 Å². The van der Waals surface area contributed by atoms with E-state index in [1.165, 1.54) is 4.90 Å². The van der Waals surface area contributed by atoms with Gasteiger partial charge in [0.1, 0.15) is 0 Å². The largest absolute Gasteiger partial charge is 0.323 e. The smallest absolute Gasteiger partial charge is 0.299 e. The normalized spacial score (nSPS) is 10.7. The van der Waals surface area contributed by atoms with E-state index < -0.39 is 11.7 Å². The highest BCUT2D eigenvalue weighted by Gasteiger charge is 2.26. The Balaban J connectivity index is 1.71. The number of Topliss-reactive ketones (excluding diaryl/α,β-unsaturated/α-hetero) is 1. The first-order chi connectivity index (χ1) is 13.2. The van der Waals surface area contributed by atoms with E-state index in [0.717, 1.165) is 11.1 Å². The van der Waals surface area contributed by atoms with Gasteiger partial charge in [0, 0.05) is 18.1 Å². The van der Waals surface area contributed by atoms with E-state index >= 15 is 0 Å². The number of aromatic nitrogens is 1. The monoisotopic (exact) mass is 354 g/mol. The molecule has 0 saturated heterocycles. The number of amides is 1. The minimum Gasteiger partial charge on any atom is -0.323 e. The molecule has 0 aliphatic heterocycles. The highest BCUT2D eigenvalue weighted by Crippen LogP contribution is 2.20. The van der Waals surface area contributed by atoms with E-state index in [1.54, 1.807) is 12.3 Å². The zero-order valence-corrected chi connectivity index (χ0v) is 14.7. The Labute approximate surface area is 157 Å². The van der Waals surface area contributed by atoms with Crippen LogP contribution >= 0.6 is 0 Å². The van der Waals surface area contributed by atoms with Crippen LogP contribution in [-0.4, -0.2) is 16.1 Å². The third-order valence-corrected chi connectivity index (χ3v) is 4.50. The average molecular weight is 354 g/mol. The van der Waals surface area contributed by atoms with E-state index in [1.807, 2.05) is 89.5 Å². The fraction of sp³-hybridized carbons (Fsp3) is 0.0435. The summed E-state index contributed by atoms with van der Waals surface area (Å²) >= 11 is 0.